The Labute approximate surface area is 123 Å². The summed E-state index contributed by atoms with van der Waals surface area (Å²) in [5.74, 6) is 2.01. The second kappa shape index (κ2) is 5.97. The molecular formula is C17H16N2S. The van der Waals surface area contributed by atoms with Gasteiger partial charge in [-0.2, -0.15) is 0 Å². The van der Waals surface area contributed by atoms with Crippen molar-refractivity contribution in [1.82, 2.24) is 9.55 Å². The van der Waals surface area contributed by atoms with E-state index in [0.29, 0.717) is 0 Å². The van der Waals surface area contributed by atoms with Gasteiger partial charge in [0.05, 0.1) is 0 Å². The van der Waals surface area contributed by atoms with Crippen LogP contribution in [0.2, 0.25) is 0 Å². The molecule has 0 aliphatic rings. The van der Waals surface area contributed by atoms with Crippen LogP contribution >= 0.6 is 11.8 Å². The first-order valence-corrected chi connectivity index (χ1v) is 7.56. The molecule has 3 heteroatoms. The van der Waals surface area contributed by atoms with Gasteiger partial charge in [-0.25, -0.2) is 4.98 Å². The first-order chi connectivity index (χ1) is 9.83. The Morgan fingerprint density at radius 3 is 2.40 bits per heavy atom. The topological polar surface area (TPSA) is 17.8 Å². The molecule has 3 aromatic rings. The molecule has 0 radical (unpaired) electrons. The Morgan fingerprint density at radius 2 is 1.75 bits per heavy atom. The van der Waals surface area contributed by atoms with Gasteiger partial charge in [-0.05, 0) is 17.7 Å². The highest BCUT2D eigenvalue weighted by Crippen LogP contribution is 2.25. The molecule has 3 rings (SSSR count). The number of imidazole rings is 1. The summed E-state index contributed by atoms with van der Waals surface area (Å²) in [6.45, 7) is 0. The maximum atomic E-state index is 4.37. The molecule has 0 unspecified atom stereocenters. The molecule has 1 aromatic heterocycles. The SMILES string of the molecule is Cn1ccnc1-c1ccc(SCc2ccccc2)cc1. The van der Waals surface area contributed by atoms with Gasteiger partial charge in [-0.3, -0.25) is 0 Å². The standard InChI is InChI=1S/C17H16N2S/c1-19-12-11-18-17(19)15-7-9-16(10-8-15)20-13-14-5-3-2-4-6-14/h2-12H,13H2,1H3. The van der Waals surface area contributed by atoms with Gasteiger partial charge in [0.25, 0.3) is 0 Å². The van der Waals surface area contributed by atoms with E-state index in [1.54, 1.807) is 0 Å². The summed E-state index contributed by atoms with van der Waals surface area (Å²) >= 11 is 1.86. The van der Waals surface area contributed by atoms with E-state index in [0.717, 1.165) is 17.1 Å². The molecule has 0 fully saturated rings. The van der Waals surface area contributed by atoms with Crippen LogP contribution in [0.1, 0.15) is 5.56 Å². The Kier molecular flexibility index (Phi) is 3.88. The minimum atomic E-state index is 1.00. The van der Waals surface area contributed by atoms with Gasteiger partial charge in [0.15, 0.2) is 0 Å². The maximum absolute atomic E-state index is 4.37. The summed E-state index contributed by atoms with van der Waals surface area (Å²) in [5, 5.41) is 0. The maximum Gasteiger partial charge on any atom is 0.139 e. The second-order valence-corrected chi connectivity index (χ2v) is 5.71. The van der Waals surface area contributed by atoms with E-state index in [2.05, 4.69) is 59.6 Å². The van der Waals surface area contributed by atoms with Crippen LogP contribution in [0, 0.1) is 0 Å². The zero-order valence-electron chi connectivity index (χ0n) is 11.4. The van der Waals surface area contributed by atoms with Crippen molar-refractivity contribution in [3.63, 3.8) is 0 Å². The molecule has 0 aliphatic heterocycles. The fourth-order valence-corrected chi connectivity index (χ4v) is 2.94. The Balaban J connectivity index is 1.69. The number of benzene rings is 2. The highest BCUT2D eigenvalue weighted by Gasteiger charge is 2.03. The fourth-order valence-electron chi connectivity index (χ4n) is 2.08. The first kappa shape index (κ1) is 13.0. The van der Waals surface area contributed by atoms with Gasteiger partial charge >= 0.3 is 0 Å². The third kappa shape index (κ3) is 2.94. The Morgan fingerprint density at radius 1 is 1.00 bits per heavy atom. The minimum Gasteiger partial charge on any atom is -0.334 e. The quantitative estimate of drug-likeness (QED) is 0.660. The van der Waals surface area contributed by atoms with Gasteiger partial charge in [0, 0.05) is 35.7 Å². The van der Waals surface area contributed by atoms with Crippen LogP contribution in [-0.4, -0.2) is 9.55 Å². The smallest absolute Gasteiger partial charge is 0.139 e. The normalized spacial score (nSPS) is 10.7. The second-order valence-electron chi connectivity index (χ2n) is 4.66. The van der Waals surface area contributed by atoms with Crippen molar-refractivity contribution in [2.75, 3.05) is 0 Å². The molecule has 0 saturated carbocycles. The molecule has 2 aromatic carbocycles. The molecule has 0 bridgehead atoms. The molecule has 0 atom stereocenters. The Hall–Kier alpha value is -2.00. The van der Waals surface area contributed by atoms with Crippen molar-refractivity contribution in [2.45, 2.75) is 10.6 Å². The summed E-state index contributed by atoms with van der Waals surface area (Å²) in [6.07, 6.45) is 3.79. The molecule has 20 heavy (non-hydrogen) atoms. The minimum absolute atomic E-state index is 1.00. The average Bonchev–Trinajstić information content (AvgIpc) is 2.93. The predicted octanol–water partition coefficient (Wildman–Crippen LogP) is 4.38. The van der Waals surface area contributed by atoms with Crippen molar-refractivity contribution in [3.8, 4) is 11.4 Å². The van der Waals surface area contributed by atoms with Crippen LogP contribution < -0.4 is 0 Å². The van der Waals surface area contributed by atoms with Gasteiger partial charge in [-0.15, -0.1) is 11.8 Å². The monoisotopic (exact) mass is 280 g/mol. The number of hydrogen-bond acceptors (Lipinski definition) is 2. The predicted molar refractivity (Wildman–Crippen MR) is 84.6 cm³/mol. The molecule has 0 saturated heterocycles. The van der Waals surface area contributed by atoms with E-state index in [4.69, 9.17) is 0 Å². The highest BCUT2D eigenvalue weighted by molar-refractivity contribution is 7.98. The lowest BCUT2D eigenvalue weighted by atomic mass is 10.2. The van der Waals surface area contributed by atoms with Crippen molar-refractivity contribution >= 4 is 11.8 Å². The van der Waals surface area contributed by atoms with Crippen molar-refractivity contribution in [3.05, 3.63) is 72.6 Å². The van der Waals surface area contributed by atoms with Gasteiger partial charge in [0.1, 0.15) is 5.82 Å². The number of thioether (sulfide) groups is 1. The van der Waals surface area contributed by atoms with E-state index in [1.807, 2.05) is 35.8 Å². The first-order valence-electron chi connectivity index (χ1n) is 6.57. The van der Waals surface area contributed by atoms with Crippen LogP contribution in [-0.2, 0) is 12.8 Å². The van der Waals surface area contributed by atoms with Gasteiger partial charge < -0.3 is 4.57 Å². The average molecular weight is 280 g/mol. The van der Waals surface area contributed by atoms with Crippen LogP contribution in [0.15, 0.2) is 71.9 Å². The third-order valence-electron chi connectivity index (χ3n) is 3.18. The summed E-state index contributed by atoms with van der Waals surface area (Å²) in [7, 11) is 2.01. The highest BCUT2D eigenvalue weighted by atomic mass is 32.2. The lowest BCUT2D eigenvalue weighted by Crippen LogP contribution is -1.90. The number of nitrogens with zero attached hydrogens (tertiary/aromatic N) is 2. The number of aryl methyl sites for hydroxylation is 1. The van der Waals surface area contributed by atoms with Crippen molar-refractivity contribution < 1.29 is 0 Å². The number of rotatable bonds is 4. The summed E-state index contributed by atoms with van der Waals surface area (Å²) in [6, 6.07) is 19.1. The molecule has 0 N–H and O–H groups in total. The summed E-state index contributed by atoms with van der Waals surface area (Å²) in [5.41, 5.74) is 2.51. The van der Waals surface area contributed by atoms with Gasteiger partial charge in [-0.1, -0.05) is 42.5 Å². The largest absolute Gasteiger partial charge is 0.334 e. The molecule has 2 nitrogen and oxygen atoms in total. The lowest BCUT2D eigenvalue weighted by molar-refractivity contribution is 0.924. The van der Waals surface area contributed by atoms with Crippen LogP contribution in [0.5, 0.6) is 0 Å². The van der Waals surface area contributed by atoms with Crippen molar-refractivity contribution in [1.29, 1.82) is 0 Å². The van der Waals surface area contributed by atoms with Crippen molar-refractivity contribution in [2.24, 2.45) is 7.05 Å². The molecule has 1 heterocycles. The van der Waals surface area contributed by atoms with Gasteiger partial charge in [0.2, 0.25) is 0 Å². The number of hydrogen-bond donors (Lipinski definition) is 0. The fraction of sp³-hybridized carbons (Fsp3) is 0.118. The van der Waals surface area contributed by atoms with Crippen LogP contribution in [0.4, 0.5) is 0 Å². The van der Waals surface area contributed by atoms with E-state index in [-0.39, 0.29) is 0 Å². The van der Waals surface area contributed by atoms with E-state index < -0.39 is 0 Å². The van der Waals surface area contributed by atoms with E-state index in [1.165, 1.54) is 10.5 Å². The molecule has 0 amide bonds. The molecule has 100 valence electrons. The lowest BCUT2D eigenvalue weighted by Gasteiger charge is -2.05. The van der Waals surface area contributed by atoms with E-state index >= 15 is 0 Å². The third-order valence-corrected chi connectivity index (χ3v) is 4.27. The molecular weight excluding hydrogens is 264 g/mol. The zero-order valence-corrected chi connectivity index (χ0v) is 12.2. The molecule has 0 aliphatic carbocycles. The summed E-state index contributed by atoms with van der Waals surface area (Å²) < 4.78 is 2.03. The Bertz CT molecular complexity index is 672. The van der Waals surface area contributed by atoms with E-state index in [9.17, 15) is 0 Å². The van der Waals surface area contributed by atoms with Crippen LogP contribution in [0.25, 0.3) is 11.4 Å². The number of aromatic nitrogens is 2. The van der Waals surface area contributed by atoms with Crippen LogP contribution in [0.3, 0.4) is 0 Å². The summed E-state index contributed by atoms with van der Waals surface area (Å²) in [4.78, 5) is 5.65. The molecule has 0 spiro atoms. The zero-order chi connectivity index (χ0) is 13.8.